The molecular weight excluding hydrogens is 351 g/mol. The molecule has 0 aliphatic heterocycles. The number of carbonyl (C=O) groups is 2. The van der Waals surface area contributed by atoms with Crippen LogP contribution in [0, 0.1) is 5.82 Å². The van der Waals surface area contributed by atoms with Crippen LogP contribution in [0.15, 0.2) is 29.6 Å². The largest absolute Gasteiger partial charge is 0.461 e. The van der Waals surface area contributed by atoms with Gasteiger partial charge in [0.05, 0.1) is 18.0 Å². The highest BCUT2D eigenvalue weighted by Gasteiger charge is 2.14. The summed E-state index contributed by atoms with van der Waals surface area (Å²) in [6, 6.07) is 6.07. The summed E-state index contributed by atoms with van der Waals surface area (Å²) >= 11 is 2.57. The molecule has 0 aliphatic carbocycles. The Morgan fingerprint density at radius 3 is 2.96 bits per heavy atom. The van der Waals surface area contributed by atoms with Crippen molar-refractivity contribution in [1.82, 2.24) is 10.3 Å². The van der Waals surface area contributed by atoms with Gasteiger partial charge in [-0.1, -0.05) is 0 Å². The Hall–Kier alpha value is -2.32. The van der Waals surface area contributed by atoms with Crippen molar-refractivity contribution >= 4 is 44.6 Å². The van der Waals surface area contributed by atoms with E-state index in [1.807, 2.05) is 0 Å². The van der Waals surface area contributed by atoms with E-state index in [4.69, 9.17) is 4.74 Å². The maximum atomic E-state index is 13.2. The van der Waals surface area contributed by atoms with Crippen LogP contribution in [-0.4, -0.2) is 23.5 Å². The second-order valence-corrected chi connectivity index (χ2v) is 6.85. The lowest BCUT2D eigenvalue weighted by Gasteiger charge is -2.00. The first kappa shape index (κ1) is 16.5. The van der Waals surface area contributed by atoms with Gasteiger partial charge in [0.1, 0.15) is 10.8 Å². The molecule has 8 heteroatoms. The van der Waals surface area contributed by atoms with Crippen LogP contribution in [0.2, 0.25) is 0 Å². The third-order valence-electron chi connectivity index (χ3n) is 3.14. The Morgan fingerprint density at radius 2 is 2.17 bits per heavy atom. The van der Waals surface area contributed by atoms with Crippen LogP contribution in [0.4, 0.5) is 4.39 Å². The van der Waals surface area contributed by atoms with Gasteiger partial charge < -0.3 is 10.1 Å². The summed E-state index contributed by atoms with van der Waals surface area (Å²) in [5, 5.41) is 5.66. The number of hydrogen-bond donors (Lipinski definition) is 1. The van der Waals surface area contributed by atoms with E-state index in [9.17, 15) is 14.0 Å². The first-order valence-electron chi connectivity index (χ1n) is 7.15. The molecule has 0 spiro atoms. The van der Waals surface area contributed by atoms with E-state index in [1.165, 1.54) is 34.8 Å². The zero-order valence-electron chi connectivity index (χ0n) is 12.7. The highest BCUT2D eigenvalue weighted by molar-refractivity contribution is 7.20. The normalized spacial score (nSPS) is 10.8. The zero-order valence-corrected chi connectivity index (χ0v) is 14.3. The standard InChI is InChI=1S/C16H13FN2O3S2/c1-2-22-16(21)11-8-23-14(19-11)7-18-15(20)13-6-9-5-10(17)3-4-12(9)24-13/h3-6,8H,2,7H2,1H3,(H,18,20). The van der Waals surface area contributed by atoms with Crippen LogP contribution < -0.4 is 5.32 Å². The van der Waals surface area contributed by atoms with Crippen LogP contribution in [0.5, 0.6) is 0 Å². The molecule has 0 unspecified atom stereocenters. The van der Waals surface area contributed by atoms with E-state index in [2.05, 4.69) is 10.3 Å². The molecule has 0 atom stereocenters. The van der Waals surface area contributed by atoms with Crippen LogP contribution in [0.3, 0.4) is 0 Å². The molecule has 0 fully saturated rings. The molecular formula is C16H13FN2O3S2. The van der Waals surface area contributed by atoms with E-state index < -0.39 is 5.97 Å². The average Bonchev–Trinajstić information content (AvgIpc) is 3.19. The molecule has 1 N–H and O–H groups in total. The van der Waals surface area contributed by atoms with E-state index in [0.29, 0.717) is 15.3 Å². The number of carbonyl (C=O) groups excluding carboxylic acids is 2. The Balaban J connectivity index is 1.65. The molecule has 0 aliphatic rings. The SMILES string of the molecule is CCOC(=O)c1csc(CNC(=O)c2cc3cc(F)ccc3s2)n1. The lowest BCUT2D eigenvalue weighted by atomic mass is 10.2. The molecule has 0 bridgehead atoms. The van der Waals surface area contributed by atoms with Gasteiger partial charge in [-0.2, -0.15) is 0 Å². The first-order valence-corrected chi connectivity index (χ1v) is 8.85. The number of ether oxygens (including phenoxy) is 1. The molecule has 0 radical (unpaired) electrons. The van der Waals surface area contributed by atoms with Gasteiger partial charge in [-0.15, -0.1) is 22.7 Å². The minimum atomic E-state index is -0.474. The van der Waals surface area contributed by atoms with Crippen molar-refractivity contribution in [2.45, 2.75) is 13.5 Å². The third-order valence-corrected chi connectivity index (χ3v) is 5.10. The number of fused-ring (bicyclic) bond motifs is 1. The zero-order chi connectivity index (χ0) is 17.1. The lowest BCUT2D eigenvalue weighted by molar-refractivity contribution is 0.0520. The molecule has 24 heavy (non-hydrogen) atoms. The Kier molecular flexibility index (Phi) is 4.86. The third kappa shape index (κ3) is 3.60. The van der Waals surface area contributed by atoms with E-state index >= 15 is 0 Å². The summed E-state index contributed by atoms with van der Waals surface area (Å²) in [7, 11) is 0. The molecule has 1 aromatic carbocycles. The van der Waals surface area contributed by atoms with Crippen molar-refractivity contribution in [3.8, 4) is 0 Å². The highest BCUT2D eigenvalue weighted by Crippen LogP contribution is 2.26. The number of thiazole rings is 1. The van der Waals surface area contributed by atoms with E-state index in [1.54, 1.807) is 24.4 Å². The molecule has 2 heterocycles. The van der Waals surface area contributed by atoms with Crippen molar-refractivity contribution in [2.24, 2.45) is 0 Å². The number of halogens is 1. The Morgan fingerprint density at radius 1 is 1.33 bits per heavy atom. The first-order chi connectivity index (χ1) is 11.6. The maximum absolute atomic E-state index is 13.2. The summed E-state index contributed by atoms with van der Waals surface area (Å²) in [4.78, 5) is 28.4. The van der Waals surface area contributed by atoms with E-state index in [0.717, 1.165) is 4.70 Å². The minimum absolute atomic E-state index is 0.214. The topological polar surface area (TPSA) is 68.3 Å². The minimum Gasteiger partial charge on any atom is -0.461 e. The molecule has 2 aromatic heterocycles. The average molecular weight is 364 g/mol. The second-order valence-electron chi connectivity index (χ2n) is 4.82. The van der Waals surface area contributed by atoms with Crippen LogP contribution in [-0.2, 0) is 11.3 Å². The summed E-state index contributed by atoms with van der Waals surface area (Å²) in [6.07, 6.45) is 0. The van der Waals surface area contributed by atoms with Gasteiger partial charge in [0.2, 0.25) is 0 Å². The van der Waals surface area contributed by atoms with Crippen LogP contribution >= 0.6 is 22.7 Å². The fraction of sp³-hybridized carbons (Fsp3) is 0.188. The number of rotatable bonds is 5. The number of benzene rings is 1. The van der Waals surface area contributed by atoms with Crippen LogP contribution in [0.25, 0.3) is 10.1 Å². The molecule has 5 nitrogen and oxygen atoms in total. The fourth-order valence-electron chi connectivity index (χ4n) is 2.06. The molecule has 1 amide bonds. The highest BCUT2D eigenvalue weighted by atomic mass is 32.1. The second kappa shape index (κ2) is 7.06. The number of hydrogen-bond acceptors (Lipinski definition) is 6. The van der Waals surface area contributed by atoms with Gasteiger partial charge in [-0.05, 0) is 36.6 Å². The molecule has 0 saturated carbocycles. The van der Waals surface area contributed by atoms with Crippen molar-refractivity contribution in [3.63, 3.8) is 0 Å². The summed E-state index contributed by atoms with van der Waals surface area (Å²) < 4.78 is 18.9. The van der Waals surface area contributed by atoms with Gasteiger partial charge in [-0.25, -0.2) is 14.2 Å². The van der Waals surface area contributed by atoms with Gasteiger partial charge >= 0.3 is 5.97 Å². The van der Waals surface area contributed by atoms with E-state index in [-0.39, 0.29) is 30.6 Å². The number of nitrogens with zero attached hydrogens (tertiary/aromatic N) is 1. The summed E-state index contributed by atoms with van der Waals surface area (Å²) in [5.41, 5.74) is 0.239. The van der Waals surface area contributed by atoms with Crippen molar-refractivity contribution in [3.05, 3.63) is 51.0 Å². The predicted molar refractivity (Wildman–Crippen MR) is 91.0 cm³/mol. The van der Waals surface area contributed by atoms with Crippen molar-refractivity contribution < 1.29 is 18.7 Å². The number of aromatic nitrogens is 1. The van der Waals surface area contributed by atoms with Gasteiger partial charge in [0.25, 0.3) is 5.91 Å². The number of amides is 1. The number of thiophene rings is 1. The van der Waals surface area contributed by atoms with Gasteiger partial charge in [0.15, 0.2) is 5.69 Å². The molecule has 0 saturated heterocycles. The number of esters is 1. The van der Waals surface area contributed by atoms with Crippen LogP contribution in [0.1, 0.15) is 32.1 Å². The number of nitrogens with one attached hydrogen (secondary N) is 1. The Labute approximate surface area is 145 Å². The fourth-order valence-corrected chi connectivity index (χ4v) is 3.72. The Bertz CT molecular complexity index is 904. The smallest absolute Gasteiger partial charge is 0.357 e. The maximum Gasteiger partial charge on any atom is 0.357 e. The molecule has 3 aromatic rings. The quantitative estimate of drug-likeness (QED) is 0.703. The van der Waals surface area contributed by atoms with Gasteiger partial charge in [-0.3, -0.25) is 4.79 Å². The van der Waals surface area contributed by atoms with Crippen molar-refractivity contribution in [2.75, 3.05) is 6.61 Å². The summed E-state index contributed by atoms with van der Waals surface area (Å²) in [6.45, 7) is 2.22. The lowest BCUT2D eigenvalue weighted by Crippen LogP contribution is -2.21. The molecule has 124 valence electrons. The summed E-state index contributed by atoms with van der Waals surface area (Å²) in [5.74, 6) is -1.07. The molecule has 3 rings (SSSR count). The monoisotopic (exact) mass is 364 g/mol. The van der Waals surface area contributed by atoms with Gasteiger partial charge in [0, 0.05) is 10.1 Å². The predicted octanol–water partition coefficient (Wildman–Crippen LogP) is 3.60. The van der Waals surface area contributed by atoms with Crippen molar-refractivity contribution in [1.29, 1.82) is 0 Å².